The fourth-order valence-electron chi connectivity index (χ4n) is 2.42. The molecule has 1 aliphatic heterocycles. The quantitative estimate of drug-likeness (QED) is 0.787. The Labute approximate surface area is 145 Å². The topological polar surface area (TPSA) is 30.9 Å². The van der Waals surface area contributed by atoms with Crippen molar-refractivity contribution in [2.75, 3.05) is 39.5 Å². The molecular formula is C18H19ClFNO3. The third kappa shape index (κ3) is 4.84. The molecule has 0 amide bonds. The second-order valence-corrected chi connectivity index (χ2v) is 5.89. The molecule has 0 aliphatic carbocycles. The Kier molecular flexibility index (Phi) is 5.91. The summed E-state index contributed by atoms with van der Waals surface area (Å²) in [6.45, 7) is 4.48. The van der Waals surface area contributed by atoms with E-state index in [1.54, 1.807) is 30.3 Å². The minimum Gasteiger partial charge on any atom is -0.488 e. The van der Waals surface area contributed by atoms with Gasteiger partial charge in [0.15, 0.2) is 11.5 Å². The van der Waals surface area contributed by atoms with Gasteiger partial charge in [0.2, 0.25) is 0 Å². The number of hydrogen-bond acceptors (Lipinski definition) is 4. The van der Waals surface area contributed by atoms with Crippen LogP contribution >= 0.6 is 11.6 Å². The molecule has 0 radical (unpaired) electrons. The summed E-state index contributed by atoms with van der Waals surface area (Å²) in [7, 11) is 0. The molecule has 0 unspecified atom stereocenters. The summed E-state index contributed by atoms with van der Waals surface area (Å²) in [6, 6.07) is 11.2. The standard InChI is InChI=1S/C18H19ClFNO3/c19-14-1-4-16(5-2-14)24-17-6-3-15(20)13-18(17)23-12-9-21-7-10-22-11-8-21/h1-6,13H,7-12H2. The highest BCUT2D eigenvalue weighted by atomic mass is 35.5. The van der Waals surface area contributed by atoms with Gasteiger partial charge in [0.05, 0.1) is 13.2 Å². The first-order valence-electron chi connectivity index (χ1n) is 7.86. The summed E-state index contributed by atoms with van der Waals surface area (Å²) < 4.78 is 30.4. The maximum Gasteiger partial charge on any atom is 0.169 e. The lowest BCUT2D eigenvalue weighted by atomic mass is 10.3. The highest BCUT2D eigenvalue weighted by molar-refractivity contribution is 6.30. The molecule has 0 bridgehead atoms. The van der Waals surface area contributed by atoms with Crippen molar-refractivity contribution in [3.8, 4) is 17.2 Å². The molecule has 1 aliphatic rings. The third-order valence-electron chi connectivity index (χ3n) is 3.72. The number of benzene rings is 2. The van der Waals surface area contributed by atoms with Crippen molar-refractivity contribution in [2.45, 2.75) is 0 Å². The lowest BCUT2D eigenvalue weighted by molar-refractivity contribution is 0.0321. The van der Waals surface area contributed by atoms with Gasteiger partial charge in [-0.15, -0.1) is 0 Å². The van der Waals surface area contributed by atoms with E-state index in [0.29, 0.717) is 28.9 Å². The van der Waals surface area contributed by atoms with Crippen molar-refractivity contribution < 1.29 is 18.6 Å². The van der Waals surface area contributed by atoms with E-state index in [9.17, 15) is 4.39 Å². The number of rotatable bonds is 6. The zero-order valence-corrected chi connectivity index (χ0v) is 14.0. The van der Waals surface area contributed by atoms with Gasteiger partial charge in [-0.2, -0.15) is 0 Å². The Balaban J connectivity index is 1.62. The molecule has 0 aromatic heterocycles. The average molecular weight is 352 g/mol. The smallest absolute Gasteiger partial charge is 0.169 e. The van der Waals surface area contributed by atoms with E-state index in [-0.39, 0.29) is 5.82 Å². The molecule has 1 fully saturated rings. The summed E-state index contributed by atoms with van der Waals surface area (Å²) in [5, 5.41) is 0.628. The Morgan fingerprint density at radius 2 is 1.79 bits per heavy atom. The summed E-state index contributed by atoms with van der Waals surface area (Å²) in [4.78, 5) is 2.25. The first-order chi connectivity index (χ1) is 11.7. The van der Waals surface area contributed by atoms with Crippen molar-refractivity contribution in [1.82, 2.24) is 4.90 Å². The molecule has 3 rings (SSSR count). The number of halogens is 2. The van der Waals surface area contributed by atoms with Crippen LogP contribution in [0.1, 0.15) is 0 Å². The van der Waals surface area contributed by atoms with Gasteiger partial charge in [-0.1, -0.05) is 11.6 Å². The zero-order valence-electron chi connectivity index (χ0n) is 13.2. The molecule has 1 saturated heterocycles. The normalized spacial score (nSPS) is 15.2. The predicted molar refractivity (Wildman–Crippen MR) is 90.7 cm³/mol. The van der Waals surface area contributed by atoms with E-state index in [4.69, 9.17) is 25.8 Å². The highest BCUT2D eigenvalue weighted by Gasteiger charge is 2.12. The van der Waals surface area contributed by atoms with Crippen LogP contribution in [0.2, 0.25) is 5.02 Å². The molecule has 2 aromatic rings. The SMILES string of the molecule is Fc1ccc(Oc2ccc(Cl)cc2)c(OCCN2CCOCC2)c1. The van der Waals surface area contributed by atoms with Crippen LogP contribution < -0.4 is 9.47 Å². The number of nitrogens with zero attached hydrogens (tertiary/aromatic N) is 1. The number of morpholine rings is 1. The Morgan fingerprint density at radius 3 is 2.54 bits per heavy atom. The molecule has 1 heterocycles. The molecule has 0 atom stereocenters. The van der Waals surface area contributed by atoms with Gasteiger partial charge in [-0.05, 0) is 36.4 Å². The number of ether oxygens (including phenoxy) is 3. The summed E-state index contributed by atoms with van der Waals surface area (Å²) >= 11 is 5.87. The molecule has 2 aromatic carbocycles. The molecule has 0 saturated carbocycles. The van der Waals surface area contributed by atoms with Gasteiger partial charge >= 0.3 is 0 Å². The van der Waals surface area contributed by atoms with Crippen LogP contribution in [0.4, 0.5) is 4.39 Å². The van der Waals surface area contributed by atoms with Crippen LogP contribution in [0.3, 0.4) is 0 Å². The van der Waals surface area contributed by atoms with Gasteiger partial charge in [-0.3, -0.25) is 4.90 Å². The average Bonchev–Trinajstić information content (AvgIpc) is 2.60. The Bertz CT molecular complexity index is 660. The van der Waals surface area contributed by atoms with Crippen LogP contribution in [-0.2, 0) is 4.74 Å². The number of hydrogen-bond donors (Lipinski definition) is 0. The van der Waals surface area contributed by atoms with Gasteiger partial charge < -0.3 is 14.2 Å². The van der Waals surface area contributed by atoms with E-state index in [1.165, 1.54) is 12.1 Å². The van der Waals surface area contributed by atoms with E-state index >= 15 is 0 Å². The molecule has 4 nitrogen and oxygen atoms in total. The lowest BCUT2D eigenvalue weighted by Gasteiger charge is -2.26. The molecule has 6 heteroatoms. The molecule has 0 N–H and O–H groups in total. The summed E-state index contributed by atoms with van der Waals surface area (Å²) in [6.07, 6.45) is 0. The van der Waals surface area contributed by atoms with Crippen LogP contribution in [0, 0.1) is 5.82 Å². The van der Waals surface area contributed by atoms with Crippen LogP contribution in [0.5, 0.6) is 17.2 Å². The summed E-state index contributed by atoms with van der Waals surface area (Å²) in [5.41, 5.74) is 0. The van der Waals surface area contributed by atoms with Crippen LogP contribution in [0.15, 0.2) is 42.5 Å². The second-order valence-electron chi connectivity index (χ2n) is 5.45. The highest BCUT2D eigenvalue weighted by Crippen LogP contribution is 2.32. The van der Waals surface area contributed by atoms with Crippen molar-refractivity contribution in [2.24, 2.45) is 0 Å². The van der Waals surface area contributed by atoms with E-state index in [0.717, 1.165) is 32.8 Å². The Hall–Kier alpha value is -1.82. The zero-order chi connectivity index (χ0) is 16.8. The fraction of sp³-hybridized carbons (Fsp3) is 0.333. The second kappa shape index (κ2) is 8.33. The lowest BCUT2D eigenvalue weighted by Crippen LogP contribution is -2.38. The molecule has 128 valence electrons. The summed E-state index contributed by atoms with van der Waals surface area (Å²) in [5.74, 6) is 1.11. The fourth-order valence-corrected chi connectivity index (χ4v) is 2.54. The largest absolute Gasteiger partial charge is 0.488 e. The van der Waals surface area contributed by atoms with Gasteiger partial charge in [0.1, 0.15) is 18.2 Å². The van der Waals surface area contributed by atoms with E-state index < -0.39 is 0 Å². The first kappa shape index (κ1) is 17.0. The van der Waals surface area contributed by atoms with Gasteiger partial charge in [-0.25, -0.2) is 4.39 Å². The van der Waals surface area contributed by atoms with Crippen molar-refractivity contribution in [1.29, 1.82) is 0 Å². The molecular weight excluding hydrogens is 333 g/mol. The maximum atomic E-state index is 13.5. The maximum absolute atomic E-state index is 13.5. The third-order valence-corrected chi connectivity index (χ3v) is 3.97. The van der Waals surface area contributed by atoms with Crippen molar-refractivity contribution in [3.05, 3.63) is 53.3 Å². The molecule has 24 heavy (non-hydrogen) atoms. The van der Waals surface area contributed by atoms with Crippen LogP contribution in [-0.4, -0.2) is 44.4 Å². The van der Waals surface area contributed by atoms with Crippen molar-refractivity contribution in [3.63, 3.8) is 0 Å². The first-order valence-corrected chi connectivity index (χ1v) is 8.24. The minimum absolute atomic E-state index is 0.361. The molecule has 0 spiro atoms. The van der Waals surface area contributed by atoms with E-state index in [1.807, 2.05) is 0 Å². The van der Waals surface area contributed by atoms with E-state index in [2.05, 4.69) is 4.90 Å². The van der Waals surface area contributed by atoms with Gasteiger partial charge in [0.25, 0.3) is 0 Å². The Morgan fingerprint density at radius 1 is 1.04 bits per heavy atom. The monoisotopic (exact) mass is 351 g/mol. The van der Waals surface area contributed by atoms with Crippen molar-refractivity contribution >= 4 is 11.6 Å². The predicted octanol–water partition coefficient (Wildman–Crippen LogP) is 3.98. The minimum atomic E-state index is -0.361. The van der Waals surface area contributed by atoms with Crippen LogP contribution in [0.25, 0.3) is 0 Å². The van der Waals surface area contributed by atoms with Gasteiger partial charge in [0, 0.05) is 30.7 Å².